The van der Waals surface area contributed by atoms with Crippen LogP contribution in [0.25, 0.3) is 11.0 Å². The predicted molar refractivity (Wildman–Crippen MR) is 99.1 cm³/mol. The van der Waals surface area contributed by atoms with Crippen LogP contribution in [0.5, 0.6) is 0 Å². The van der Waals surface area contributed by atoms with Crippen molar-refractivity contribution in [1.82, 2.24) is 4.98 Å². The van der Waals surface area contributed by atoms with E-state index in [2.05, 4.69) is 10.3 Å². The van der Waals surface area contributed by atoms with E-state index in [1.807, 2.05) is 26.8 Å². The van der Waals surface area contributed by atoms with Gasteiger partial charge in [0.15, 0.2) is 0 Å². The third-order valence-corrected chi connectivity index (χ3v) is 4.91. The molecule has 6 nitrogen and oxygen atoms in total. The van der Waals surface area contributed by atoms with E-state index < -0.39 is 5.63 Å². The van der Waals surface area contributed by atoms with Crippen molar-refractivity contribution in [2.24, 2.45) is 11.7 Å². The zero-order valence-electron chi connectivity index (χ0n) is 14.2. The highest BCUT2D eigenvalue weighted by molar-refractivity contribution is 7.09. The molecule has 1 amide bonds. The van der Waals surface area contributed by atoms with Crippen molar-refractivity contribution in [1.29, 1.82) is 0 Å². The Hall–Kier alpha value is -2.51. The number of nitrogens with one attached hydrogen (secondary N) is 1. The van der Waals surface area contributed by atoms with E-state index in [9.17, 15) is 9.59 Å². The minimum atomic E-state index is -0.416. The van der Waals surface area contributed by atoms with Crippen LogP contribution in [0.15, 0.2) is 38.9 Å². The number of thiazole rings is 1. The van der Waals surface area contributed by atoms with Crippen LogP contribution >= 0.6 is 11.3 Å². The second kappa shape index (κ2) is 6.78. The lowest BCUT2D eigenvalue weighted by Gasteiger charge is -2.11. The molecule has 0 unspecified atom stereocenters. The maximum atomic E-state index is 12.4. The summed E-state index contributed by atoms with van der Waals surface area (Å²) in [7, 11) is 0. The molecule has 3 rings (SSSR count). The quantitative estimate of drug-likeness (QED) is 0.697. The zero-order valence-corrected chi connectivity index (χ0v) is 15.0. The number of hydrogen-bond acceptors (Lipinski definition) is 6. The van der Waals surface area contributed by atoms with Gasteiger partial charge in [0, 0.05) is 28.6 Å². The highest BCUT2D eigenvalue weighted by Gasteiger charge is 2.18. The third-order valence-electron chi connectivity index (χ3n) is 3.97. The summed E-state index contributed by atoms with van der Waals surface area (Å²) in [5.74, 6) is -0.0820. The Balaban J connectivity index is 1.83. The van der Waals surface area contributed by atoms with Gasteiger partial charge in [-0.2, -0.15) is 0 Å². The molecule has 0 radical (unpaired) electrons. The van der Waals surface area contributed by atoms with Crippen LogP contribution in [-0.4, -0.2) is 10.9 Å². The number of benzene rings is 1. The fourth-order valence-electron chi connectivity index (χ4n) is 2.43. The molecule has 2 heterocycles. The molecule has 0 aliphatic rings. The number of hydrogen-bond donors (Lipinski definition) is 2. The molecule has 3 aromatic rings. The average Bonchev–Trinajstić information content (AvgIpc) is 3.03. The number of aromatic nitrogens is 1. The van der Waals surface area contributed by atoms with Crippen molar-refractivity contribution >= 4 is 33.9 Å². The molecule has 7 heteroatoms. The summed E-state index contributed by atoms with van der Waals surface area (Å²) >= 11 is 1.37. The Labute approximate surface area is 148 Å². The van der Waals surface area contributed by atoms with Crippen LogP contribution in [0.4, 0.5) is 5.69 Å². The van der Waals surface area contributed by atoms with Crippen LogP contribution in [0.2, 0.25) is 0 Å². The van der Waals surface area contributed by atoms with Crippen molar-refractivity contribution in [3.05, 3.63) is 56.3 Å². The fraction of sp³-hybridized carbons (Fsp3) is 0.278. The maximum absolute atomic E-state index is 12.4. The van der Waals surface area contributed by atoms with E-state index in [4.69, 9.17) is 10.2 Å². The van der Waals surface area contributed by atoms with Gasteiger partial charge in [0.1, 0.15) is 16.3 Å². The lowest BCUT2D eigenvalue weighted by atomic mass is 10.1. The molecule has 0 saturated carbocycles. The Morgan fingerprint density at radius 2 is 2.08 bits per heavy atom. The van der Waals surface area contributed by atoms with Gasteiger partial charge in [-0.25, -0.2) is 9.78 Å². The van der Waals surface area contributed by atoms with E-state index in [0.717, 1.165) is 16.0 Å². The van der Waals surface area contributed by atoms with Gasteiger partial charge in [-0.1, -0.05) is 13.8 Å². The predicted octanol–water partition coefficient (Wildman–Crippen LogP) is 3.47. The molecule has 0 spiro atoms. The molecule has 2 aromatic heterocycles. The molecule has 1 aromatic carbocycles. The normalized spacial score (nSPS) is 12.5. The van der Waals surface area contributed by atoms with Gasteiger partial charge in [0.25, 0.3) is 5.91 Å². The van der Waals surface area contributed by atoms with E-state index in [-0.39, 0.29) is 17.9 Å². The molecule has 130 valence electrons. The molecule has 0 aliphatic carbocycles. The molecule has 0 aliphatic heterocycles. The van der Waals surface area contributed by atoms with Gasteiger partial charge in [-0.05, 0) is 30.5 Å². The Morgan fingerprint density at radius 3 is 2.80 bits per heavy atom. The summed E-state index contributed by atoms with van der Waals surface area (Å²) in [6.45, 7) is 5.86. The first-order valence-corrected chi connectivity index (χ1v) is 8.80. The summed E-state index contributed by atoms with van der Waals surface area (Å²) < 4.78 is 5.20. The molecule has 0 fully saturated rings. The van der Waals surface area contributed by atoms with Gasteiger partial charge < -0.3 is 15.5 Å². The molecular weight excluding hydrogens is 338 g/mol. The number of nitrogens with two attached hydrogens (primary N) is 1. The number of fused-ring (bicyclic) bond motifs is 1. The van der Waals surface area contributed by atoms with Crippen molar-refractivity contribution in [3.8, 4) is 0 Å². The lowest BCUT2D eigenvalue weighted by Crippen LogP contribution is -2.17. The van der Waals surface area contributed by atoms with E-state index >= 15 is 0 Å². The van der Waals surface area contributed by atoms with E-state index in [1.165, 1.54) is 17.4 Å². The van der Waals surface area contributed by atoms with Gasteiger partial charge in [-0.3, -0.25) is 4.79 Å². The Morgan fingerprint density at radius 1 is 1.32 bits per heavy atom. The minimum absolute atomic E-state index is 0.190. The lowest BCUT2D eigenvalue weighted by molar-refractivity contribution is 0.102. The summed E-state index contributed by atoms with van der Waals surface area (Å²) in [6.07, 6.45) is 0. The molecular formula is C18H19N3O3S. The first-order chi connectivity index (χ1) is 11.8. The summed E-state index contributed by atoms with van der Waals surface area (Å²) in [5, 5.41) is 6.03. The molecule has 0 bridgehead atoms. The number of amides is 1. The smallest absolute Gasteiger partial charge is 0.336 e. The molecule has 0 saturated heterocycles. The molecule has 1 atom stereocenters. The monoisotopic (exact) mass is 357 g/mol. The number of nitrogens with zero attached hydrogens (tertiary/aromatic N) is 1. The topological polar surface area (TPSA) is 98.2 Å². The number of carbonyl (C=O) groups is 1. The second-order valence-corrected chi connectivity index (χ2v) is 7.14. The van der Waals surface area contributed by atoms with Crippen molar-refractivity contribution in [3.63, 3.8) is 0 Å². The first-order valence-electron chi connectivity index (χ1n) is 7.92. The number of rotatable bonds is 4. The van der Waals surface area contributed by atoms with Crippen molar-refractivity contribution < 1.29 is 9.21 Å². The van der Waals surface area contributed by atoms with Crippen LogP contribution < -0.4 is 16.7 Å². The molecule has 25 heavy (non-hydrogen) atoms. The average molecular weight is 357 g/mol. The molecule has 3 N–H and O–H groups in total. The van der Waals surface area contributed by atoms with Gasteiger partial charge in [0.05, 0.1) is 6.04 Å². The van der Waals surface area contributed by atoms with Gasteiger partial charge >= 0.3 is 5.63 Å². The van der Waals surface area contributed by atoms with E-state index in [1.54, 1.807) is 17.5 Å². The second-order valence-electron chi connectivity index (χ2n) is 6.25. The Kier molecular flexibility index (Phi) is 4.69. The van der Waals surface area contributed by atoms with Gasteiger partial charge in [-0.15, -0.1) is 11.3 Å². The van der Waals surface area contributed by atoms with Crippen LogP contribution in [0.3, 0.4) is 0 Å². The summed E-state index contributed by atoms with van der Waals surface area (Å²) in [4.78, 5) is 28.2. The van der Waals surface area contributed by atoms with Crippen molar-refractivity contribution in [2.45, 2.75) is 26.8 Å². The van der Waals surface area contributed by atoms with Crippen LogP contribution in [0, 0.1) is 12.8 Å². The third kappa shape index (κ3) is 3.62. The summed E-state index contributed by atoms with van der Waals surface area (Å²) in [5.41, 5.74) is 7.77. The highest BCUT2D eigenvalue weighted by Crippen LogP contribution is 2.24. The number of carbonyl (C=O) groups excluding carboxylic acids is 1. The minimum Gasteiger partial charge on any atom is -0.423 e. The standard InChI is InChI=1S/C18H19N3O3S/c1-9(2)16(19)18-21-13(8-25-18)17(23)20-11-4-5-12-10(3)6-15(22)24-14(12)7-11/h4-9,16H,19H2,1-3H3,(H,20,23)/t16-/m1/s1. The largest absolute Gasteiger partial charge is 0.423 e. The van der Waals surface area contributed by atoms with Crippen LogP contribution in [0.1, 0.15) is 40.9 Å². The van der Waals surface area contributed by atoms with Gasteiger partial charge in [0.2, 0.25) is 0 Å². The fourth-order valence-corrected chi connectivity index (χ4v) is 3.40. The summed E-state index contributed by atoms with van der Waals surface area (Å²) in [6, 6.07) is 6.46. The highest BCUT2D eigenvalue weighted by atomic mass is 32.1. The number of aryl methyl sites for hydroxylation is 1. The first kappa shape index (κ1) is 17.3. The van der Waals surface area contributed by atoms with Crippen molar-refractivity contribution in [2.75, 3.05) is 5.32 Å². The Bertz CT molecular complexity index is 991. The van der Waals surface area contributed by atoms with Crippen LogP contribution in [-0.2, 0) is 0 Å². The van der Waals surface area contributed by atoms with E-state index in [0.29, 0.717) is 17.0 Å². The number of anilines is 1. The zero-order chi connectivity index (χ0) is 18.1. The SMILES string of the molecule is Cc1cc(=O)oc2cc(NC(=O)c3csc([C@H](N)C(C)C)n3)ccc12. The maximum Gasteiger partial charge on any atom is 0.336 e.